The molecule has 21 heavy (non-hydrogen) atoms. The van der Waals surface area contributed by atoms with Crippen LogP contribution in [0, 0.1) is 0 Å². The van der Waals surface area contributed by atoms with E-state index in [-0.39, 0.29) is 13.0 Å². The standard InChI is InChI=1S/C15H18O6/c1-10-13(21-15(18)20-10)9-19-14(17)12(16)8-7-11-5-3-2-4-6-11/h2-6,10,12-13,16H,7-9H2,1H3/t10?,12-,13?/m1/s1. The normalized spacial score (nSPS) is 22.3. The molecule has 1 heterocycles. The fourth-order valence-corrected chi connectivity index (χ4v) is 1.97. The van der Waals surface area contributed by atoms with Crippen LogP contribution in [0.4, 0.5) is 4.79 Å². The molecule has 0 radical (unpaired) electrons. The lowest BCUT2D eigenvalue weighted by Gasteiger charge is -2.14. The van der Waals surface area contributed by atoms with Crippen LogP contribution in [0.2, 0.25) is 0 Å². The van der Waals surface area contributed by atoms with Gasteiger partial charge < -0.3 is 19.3 Å². The van der Waals surface area contributed by atoms with Crippen LogP contribution >= 0.6 is 0 Å². The predicted molar refractivity (Wildman–Crippen MR) is 72.5 cm³/mol. The number of aryl methyl sites for hydroxylation is 1. The number of hydrogen-bond donors (Lipinski definition) is 1. The van der Waals surface area contributed by atoms with Gasteiger partial charge in [-0.25, -0.2) is 9.59 Å². The maximum Gasteiger partial charge on any atom is 0.509 e. The van der Waals surface area contributed by atoms with Crippen LogP contribution in [0.3, 0.4) is 0 Å². The second kappa shape index (κ2) is 7.08. The summed E-state index contributed by atoms with van der Waals surface area (Å²) in [5.74, 6) is -0.721. The topological polar surface area (TPSA) is 82.1 Å². The first kappa shape index (κ1) is 15.3. The Kier molecular flexibility index (Phi) is 5.16. The number of esters is 1. The average Bonchev–Trinajstić information content (AvgIpc) is 2.81. The first-order chi connectivity index (χ1) is 10.1. The average molecular weight is 294 g/mol. The van der Waals surface area contributed by atoms with E-state index in [2.05, 4.69) is 0 Å². The van der Waals surface area contributed by atoms with Crippen LogP contribution in [-0.2, 0) is 25.4 Å². The van der Waals surface area contributed by atoms with Crippen LogP contribution in [0.1, 0.15) is 18.9 Å². The van der Waals surface area contributed by atoms with E-state index >= 15 is 0 Å². The molecule has 6 nitrogen and oxygen atoms in total. The Hall–Kier alpha value is -2.08. The zero-order valence-electron chi connectivity index (χ0n) is 11.7. The molecule has 114 valence electrons. The Morgan fingerprint density at radius 1 is 1.33 bits per heavy atom. The first-order valence-corrected chi connectivity index (χ1v) is 6.82. The fraction of sp³-hybridized carbons (Fsp3) is 0.467. The van der Waals surface area contributed by atoms with Gasteiger partial charge in [-0.3, -0.25) is 0 Å². The Balaban J connectivity index is 1.71. The van der Waals surface area contributed by atoms with E-state index in [1.54, 1.807) is 6.92 Å². The molecule has 2 rings (SSSR count). The highest BCUT2D eigenvalue weighted by Gasteiger charge is 2.34. The van der Waals surface area contributed by atoms with Gasteiger partial charge in [0.15, 0.2) is 12.2 Å². The van der Waals surface area contributed by atoms with Crippen molar-refractivity contribution in [3.8, 4) is 0 Å². The van der Waals surface area contributed by atoms with Crippen molar-refractivity contribution in [1.82, 2.24) is 0 Å². The van der Waals surface area contributed by atoms with Gasteiger partial charge in [-0.05, 0) is 25.3 Å². The SMILES string of the molecule is CC1OC(=O)OC1COC(=O)[C@H](O)CCc1ccccc1. The molecule has 1 aliphatic rings. The van der Waals surface area contributed by atoms with E-state index in [0.717, 1.165) is 5.56 Å². The van der Waals surface area contributed by atoms with E-state index in [9.17, 15) is 14.7 Å². The molecule has 0 bridgehead atoms. The molecule has 2 unspecified atom stereocenters. The van der Waals surface area contributed by atoms with Gasteiger partial charge in [0, 0.05) is 0 Å². The largest absolute Gasteiger partial charge is 0.509 e. The summed E-state index contributed by atoms with van der Waals surface area (Å²) >= 11 is 0. The molecular weight excluding hydrogens is 276 g/mol. The van der Waals surface area contributed by atoms with Crippen molar-refractivity contribution >= 4 is 12.1 Å². The monoisotopic (exact) mass is 294 g/mol. The van der Waals surface area contributed by atoms with Crippen molar-refractivity contribution in [2.24, 2.45) is 0 Å². The predicted octanol–water partition coefficient (Wildman–Crippen LogP) is 1.45. The van der Waals surface area contributed by atoms with Crippen LogP contribution in [0.5, 0.6) is 0 Å². The summed E-state index contributed by atoms with van der Waals surface area (Å²) in [6.07, 6.45) is -2.20. The summed E-state index contributed by atoms with van der Waals surface area (Å²) in [6, 6.07) is 9.55. The highest BCUT2D eigenvalue weighted by molar-refractivity contribution is 5.74. The number of hydrogen-bond acceptors (Lipinski definition) is 6. The molecular formula is C15H18O6. The fourth-order valence-electron chi connectivity index (χ4n) is 1.97. The molecule has 1 aromatic carbocycles. The van der Waals surface area contributed by atoms with E-state index in [1.807, 2.05) is 30.3 Å². The third kappa shape index (κ3) is 4.46. The molecule has 1 aliphatic heterocycles. The third-order valence-electron chi connectivity index (χ3n) is 3.26. The van der Waals surface area contributed by atoms with Crippen LogP contribution < -0.4 is 0 Å². The zero-order valence-corrected chi connectivity index (χ0v) is 11.7. The summed E-state index contributed by atoms with van der Waals surface area (Å²) in [6.45, 7) is 1.53. The smallest absolute Gasteiger partial charge is 0.460 e. The maximum atomic E-state index is 11.7. The van der Waals surface area contributed by atoms with Crippen LogP contribution in [-0.4, -0.2) is 42.1 Å². The lowest BCUT2D eigenvalue weighted by atomic mass is 10.1. The molecule has 3 atom stereocenters. The second-order valence-corrected chi connectivity index (χ2v) is 4.90. The minimum Gasteiger partial charge on any atom is -0.460 e. The molecule has 1 N–H and O–H groups in total. The summed E-state index contributed by atoms with van der Waals surface area (Å²) in [5, 5.41) is 9.76. The summed E-state index contributed by atoms with van der Waals surface area (Å²) in [7, 11) is 0. The molecule has 0 aliphatic carbocycles. The van der Waals surface area contributed by atoms with E-state index < -0.39 is 30.4 Å². The minimum absolute atomic E-state index is 0.117. The summed E-state index contributed by atoms with van der Waals surface area (Å²) in [5.41, 5.74) is 1.04. The highest BCUT2D eigenvalue weighted by Crippen LogP contribution is 2.15. The molecule has 0 amide bonds. The van der Waals surface area contributed by atoms with E-state index in [1.165, 1.54) is 0 Å². The van der Waals surface area contributed by atoms with Crippen LogP contribution in [0.15, 0.2) is 30.3 Å². The molecule has 1 aromatic rings. The summed E-state index contributed by atoms with van der Waals surface area (Å²) in [4.78, 5) is 22.5. The number of aliphatic hydroxyl groups is 1. The summed E-state index contributed by atoms with van der Waals surface area (Å²) < 4.78 is 14.5. The van der Waals surface area contributed by atoms with Crippen molar-refractivity contribution in [2.45, 2.75) is 38.1 Å². The number of carbonyl (C=O) groups excluding carboxylic acids is 2. The van der Waals surface area contributed by atoms with Gasteiger partial charge in [-0.15, -0.1) is 0 Å². The van der Waals surface area contributed by atoms with Gasteiger partial charge in [0.2, 0.25) is 0 Å². The Bertz CT molecular complexity index is 486. The Morgan fingerprint density at radius 2 is 2.05 bits per heavy atom. The lowest BCUT2D eigenvalue weighted by molar-refractivity contribution is -0.156. The number of aliphatic hydroxyl groups excluding tert-OH is 1. The van der Waals surface area contributed by atoms with Gasteiger partial charge >= 0.3 is 12.1 Å². The number of cyclic esters (lactones) is 2. The van der Waals surface area contributed by atoms with Crippen molar-refractivity contribution in [2.75, 3.05) is 6.61 Å². The molecule has 1 fully saturated rings. The van der Waals surface area contributed by atoms with Gasteiger partial charge in [-0.2, -0.15) is 0 Å². The number of carbonyl (C=O) groups is 2. The molecule has 6 heteroatoms. The molecule has 0 aromatic heterocycles. The number of rotatable bonds is 6. The highest BCUT2D eigenvalue weighted by atomic mass is 16.8. The van der Waals surface area contributed by atoms with Gasteiger partial charge in [0.05, 0.1) is 0 Å². The maximum absolute atomic E-state index is 11.7. The van der Waals surface area contributed by atoms with Crippen molar-refractivity contribution in [1.29, 1.82) is 0 Å². The van der Waals surface area contributed by atoms with E-state index in [0.29, 0.717) is 6.42 Å². The Morgan fingerprint density at radius 3 is 2.67 bits per heavy atom. The van der Waals surface area contributed by atoms with Crippen molar-refractivity contribution in [3.05, 3.63) is 35.9 Å². The zero-order chi connectivity index (χ0) is 15.2. The van der Waals surface area contributed by atoms with Gasteiger partial charge in [0.25, 0.3) is 0 Å². The second-order valence-electron chi connectivity index (χ2n) is 4.90. The van der Waals surface area contributed by atoms with Crippen molar-refractivity contribution < 1.29 is 28.9 Å². The molecule has 1 saturated heterocycles. The lowest BCUT2D eigenvalue weighted by Crippen LogP contribution is -2.31. The minimum atomic E-state index is -1.20. The van der Waals surface area contributed by atoms with Crippen LogP contribution in [0.25, 0.3) is 0 Å². The van der Waals surface area contributed by atoms with Crippen molar-refractivity contribution in [3.63, 3.8) is 0 Å². The van der Waals surface area contributed by atoms with Gasteiger partial charge in [0.1, 0.15) is 12.7 Å². The Labute approximate surface area is 122 Å². The third-order valence-corrected chi connectivity index (χ3v) is 3.26. The molecule has 0 spiro atoms. The first-order valence-electron chi connectivity index (χ1n) is 6.82. The molecule has 0 saturated carbocycles. The number of benzene rings is 1. The number of ether oxygens (including phenoxy) is 3. The van der Waals surface area contributed by atoms with E-state index in [4.69, 9.17) is 14.2 Å². The van der Waals surface area contributed by atoms with Gasteiger partial charge in [-0.1, -0.05) is 30.3 Å². The quantitative estimate of drug-likeness (QED) is 0.800.